The van der Waals surface area contributed by atoms with E-state index in [1.54, 1.807) is 0 Å². The topological polar surface area (TPSA) is 96.4 Å². The van der Waals surface area contributed by atoms with Gasteiger partial charge in [-0.15, -0.1) is 0 Å². The molecule has 1 aliphatic heterocycles. The third-order valence-corrected chi connectivity index (χ3v) is 4.46. The van der Waals surface area contributed by atoms with Crippen molar-refractivity contribution in [2.75, 3.05) is 13.2 Å². The number of aromatic nitrogens is 2. The standard InChI is InChI=1S/C18H19F2N3O4/c19-13-2-1-3-14(20)17(13)27-12-9-16(24)23(22-10-12)15(18(21)25)8-11-4-6-26-7-5-11/h1-3,9-11,15H,4-8H2,(H2,21,25). The van der Waals surface area contributed by atoms with Crippen molar-refractivity contribution in [2.24, 2.45) is 11.7 Å². The van der Waals surface area contributed by atoms with Crippen molar-refractivity contribution < 1.29 is 23.0 Å². The summed E-state index contributed by atoms with van der Waals surface area (Å²) in [5.74, 6) is -3.08. The zero-order chi connectivity index (χ0) is 19.4. The molecule has 2 aromatic rings. The van der Waals surface area contributed by atoms with Gasteiger partial charge in [-0.2, -0.15) is 5.10 Å². The van der Waals surface area contributed by atoms with Gasteiger partial charge in [-0.25, -0.2) is 13.5 Å². The van der Waals surface area contributed by atoms with Crippen molar-refractivity contribution in [3.63, 3.8) is 0 Å². The van der Waals surface area contributed by atoms with Crippen molar-refractivity contribution in [3.05, 3.63) is 52.5 Å². The first-order valence-electron chi connectivity index (χ1n) is 8.53. The smallest absolute Gasteiger partial charge is 0.271 e. The molecule has 2 heterocycles. The van der Waals surface area contributed by atoms with Gasteiger partial charge in [0.1, 0.15) is 6.04 Å². The minimum absolute atomic E-state index is 0.144. The van der Waals surface area contributed by atoms with Gasteiger partial charge < -0.3 is 15.2 Å². The molecule has 27 heavy (non-hydrogen) atoms. The van der Waals surface area contributed by atoms with Crippen LogP contribution in [0, 0.1) is 17.6 Å². The number of halogens is 2. The van der Waals surface area contributed by atoms with Gasteiger partial charge in [-0.3, -0.25) is 9.59 Å². The van der Waals surface area contributed by atoms with Gasteiger partial charge in [0.25, 0.3) is 5.56 Å². The molecule has 1 amide bonds. The molecule has 0 saturated carbocycles. The Morgan fingerprint density at radius 3 is 2.59 bits per heavy atom. The summed E-state index contributed by atoms with van der Waals surface area (Å²) in [4.78, 5) is 24.2. The molecule has 1 fully saturated rings. The van der Waals surface area contributed by atoms with Gasteiger partial charge in [0.2, 0.25) is 5.91 Å². The number of benzene rings is 1. The van der Waals surface area contributed by atoms with E-state index in [1.165, 1.54) is 6.07 Å². The largest absolute Gasteiger partial charge is 0.449 e. The normalized spacial score (nSPS) is 16.1. The van der Waals surface area contributed by atoms with Crippen molar-refractivity contribution in [1.29, 1.82) is 0 Å². The van der Waals surface area contributed by atoms with Crippen LogP contribution in [0.2, 0.25) is 0 Å². The van der Waals surface area contributed by atoms with Crippen LogP contribution in [0.4, 0.5) is 8.78 Å². The highest BCUT2D eigenvalue weighted by atomic mass is 19.1. The van der Waals surface area contributed by atoms with E-state index >= 15 is 0 Å². The van der Waals surface area contributed by atoms with Gasteiger partial charge in [0.15, 0.2) is 23.1 Å². The fourth-order valence-corrected chi connectivity index (χ4v) is 3.02. The molecule has 144 valence electrons. The van der Waals surface area contributed by atoms with Crippen LogP contribution < -0.4 is 16.0 Å². The van der Waals surface area contributed by atoms with Crippen LogP contribution in [0.5, 0.6) is 11.5 Å². The minimum Gasteiger partial charge on any atom is -0.449 e. The summed E-state index contributed by atoms with van der Waals surface area (Å²) >= 11 is 0. The molecule has 1 atom stereocenters. The maximum absolute atomic E-state index is 13.7. The van der Waals surface area contributed by atoms with E-state index in [0.717, 1.165) is 41.9 Å². The van der Waals surface area contributed by atoms with Crippen LogP contribution >= 0.6 is 0 Å². The first-order valence-corrected chi connectivity index (χ1v) is 8.53. The zero-order valence-electron chi connectivity index (χ0n) is 14.4. The summed E-state index contributed by atoms with van der Waals surface area (Å²) in [6.07, 6.45) is 3.03. The van der Waals surface area contributed by atoms with Crippen LogP contribution in [-0.2, 0) is 9.53 Å². The molecule has 0 bridgehead atoms. The van der Waals surface area contributed by atoms with Crippen LogP contribution in [0.1, 0.15) is 25.3 Å². The number of para-hydroxylation sites is 1. The van der Waals surface area contributed by atoms with Gasteiger partial charge >= 0.3 is 0 Å². The van der Waals surface area contributed by atoms with Crippen molar-refractivity contribution in [3.8, 4) is 11.5 Å². The second kappa shape index (κ2) is 8.26. The number of carbonyl (C=O) groups is 1. The van der Waals surface area contributed by atoms with Gasteiger partial charge in [0.05, 0.1) is 6.20 Å². The molecular weight excluding hydrogens is 360 g/mol. The van der Waals surface area contributed by atoms with E-state index < -0.39 is 34.9 Å². The van der Waals surface area contributed by atoms with Gasteiger partial charge in [-0.1, -0.05) is 6.07 Å². The molecule has 1 unspecified atom stereocenters. The van der Waals surface area contributed by atoms with Crippen LogP contribution in [0.15, 0.2) is 35.3 Å². The summed E-state index contributed by atoms with van der Waals surface area (Å²) in [6, 6.07) is 3.36. The average Bonchev–Trinajstić information content (AvgIpc) is 2.64. The fourth-order valence-electron chi connectivity index (χ4n) is 3.02. The highest BCUT2D eigenvalue weighted by molar-refractivity contribution is 5.78. The quantitative estimate of drug-likeness (QED) is 0.830. The molecule has 3 rings (SSSR count). The van der Waals surface area contributed by atoms with E-state index in [1.807, 2.05) is 0 Å². The molecule has 7 nitrogen and oxygen atoms in total. The first-order chi connectivity index (χ1) is 13.0. The first kappa shape index (κ1) is 19.0. The van der Waals surface area contributed by atoms with Gasteiger partial charge in [-0.05, 0) is 37.3 Å². The van der Waals surface area contributed by atoms with Crippen LogP contribution in [0.25, 0.3) is 0 Å². The highest BCUT2D eigenvalue weighted by Crippen LogP contribution is 2.27. The molecule has 1 aromatic heterocycles. The van der Waals surface area contributed by atoms with Crippen molar-refractivity contribution in [1.82, 2.24) is 9.78 Å². The van der Waals surface area contributed by atoms with E-state index in [4.69, 9.17) is 15.2 Å². The number of nitrogens with zero attached hydrogens (tertiary/aromatic N) is 2. The maximum atomic E-state index is 13.7. The molecule has 0 aliphatic carbocycles. The second-order valence-corrected chi connectivity index (χ2v) is 6.34. The number of rotatable bonds is 6. The molecule has 9 heteroatoms. The van der Waals surface area contributed by atoms with Crippen molar-refractivity contribution >= 4 is 5.91 Å². The Kier molecular flexibility index (Phi) is 5.80. The summed E-state index contributed by atoms with van der Waals surface area (Å²) in [7, 11) is 0. The van der Waals surface area contributed by atoms with Crippen LogP contribution in [-0.4, -0.2) is 28.9 Å². The number of carbonyl (C=O) groups excluding carboxylic acids is 1. The second-order valence-electron chi connectivity index (χ2n) is 6.34. The summed E-state index contributed by atoms with van der Waals surface area (Å²) in [6.45, 7) is 1.19. The lowest BCUT2D eigenvalue weighted by Crippen LogP contribution is -2.37. The third kappa shape index (κ3) is 4.48. The molecule has 0 spiro atoms. The van der Waals surface area contributed by atoms with E-state index in [-0.39, 0.29) is 11.7 Å². The lowest BCUT2D eigenvalue weighted by atomic mass is 9.92. The predicted molar refractivity (Wildman–Crippen MR) is 91.3 cm³/mol. The Bertz CT molecular complexity index is 861. The fraction of sp³-hybridized carbons (Fsp3) is 0.389. The highest BCUT2D eigenvalue weighted by Gasteiger charge is 2.26. The number of ether oxygens (including phenoxy) is 2. The van der Waals surface area contributed by atoms with E-state index in [9.17, 15) is 18.4 Å². The molecule has 2 N–H and O–H groups in total. The van der Waals surface area contributed by atoms with Crippen molar-refractivity contribution in [2.45, 2.75) is 25.3 Å². The van der Waals surface area contributed by atoms with E-state index in [2.05, 4.69) is 5.10 Å². The van der Waals surface area contributed by atoms with E-state index in [0.29, 0.717) is 19.6 Å². The summed E-state index contributed by atoms with van der Waals surface area (Å²) < 4.78 is 38.7. The summed E-state index contributed by atoms with van der Waals surface area (Å²) in [5, 5.41) is 3.92. The minimum atomic E-state index is -0.917. The average molecular weight is 379 g/mol. The maximum Gasteiger partial charge on any atom is 0.271 e. The Balaban J connectivity index is 1.82. The van der Waals surface area contributed by atoms with Crippen LogP contribution in [0.3, 0.4) is 0 Å². The Labute approximate surface area is 153 Å². The molecular formula is C18H19F2N3O4. The SMILES string of the molecule is NC(=O)C(CC1CCOCC1)n1ncc(Oc2c(F)cccc2F)cc1=O. The number of nitrogens with two attached hydrogens (primary N) is 1. The zero-order valence-corrected chi connectivity index (χ0v) is 14.4. The number of amides is 1. The Morgan fingerprint density at radius 2 is 2.00 bits per heavy atom. The number of hydrogen-bond donors (Lipinski definition) is 1. The molecule has 1 saturated heterocycles. The number of primary amides is 1. The lowest BCUT2D eigenvalue weighted by molar-refractivity contribution is -0.122. The predicted octanol–water partition coefficient (Wildman–Crippen LogP) is 2.16. The molecule has 1 aromatic carbocycles. The summed E-state index contributed by atoms with van der Waals surface area (Å²) in [5.41, 5.74) is 4.80. The monoisotopic (exact) mass is 379 g/mol. The van der Waals surface area contributed by atoms with Gasteiger partial charge in [0, 0.05) is 19.3 Å². The molecule has 0 radical (unpaired) electrons. The Hall–Kier alpha value is -2.81. The number of hydrogen-bond acceptors (Lipinski definition) is 5. The molecule has 1 aliphatic rings. The Morgan fingerprint density at radius 1 is 1.33 bits per heavy atom. The lowest BCUT2D eigenvalue weighted by Gasteiger charge is -2.25. The third-order valence-electron chi connectivity index (χ3n) is 4.46.